The first-order valence-electron chi connectivity index (χ1n) is 12.5. The highest BCUT2D eigenvalue weighted by atomic mass is 16.3. The van der Waals surface area contributed by atoms with Gasteiger partial charge in [-0.2, -0.15) is 0 Å². The molecule has 2 saturated heterocycles. The Morgan fingerprint density at radius 1 is 0.903 bits per heavy atom. The Morgan fingerprint density at radius 2 is 1.61 bits per heavy atom. The number of hydrogen-bond donors (Lipinski definition) is 2. The van der Waals surface area contributed by atoms with Crippen LogP contribution >= 0.6 is 0 Å². The van der Waals surface area contributed by atoms with Gasteiger partial charge in [-0.3, -0.25) is 4.90 Å². The Kier molecular flexibility index (Phi) is 6.28. The lowest BCUT2D eigenvalue weighted by molar-refractivity contribution is -0.139. The molecular formula is C25H37N5O. The van der Waals surface area contributed by atoms with Crippen LogP contribution in [-0.4, -0.2) is 56.9 Å². The summed E-state index contributed by atoms with van der Waals surface area (Å²) in [6.45, 7) is 4.12. The number of aliphatic hydroxyl groups is 1. The zero-order valence-electron chi connectivity index (χ0n) is 18.7. The van der Waals surface area contributed by atoms with Crippen LogP contribution in [0.4, 0.5) is 5.82 Å². The number of nitrogens with one attached hydrogen (secondary N) is 1. The van der Waals surface area contributed by atoms with Crippen molar-refractivity contribution in [1.82, 2.24) is 19.9 Å². The largest absolute Gasteiger partial charge is 0.376 e. The van der Waals surface area contributed by atoms with Crippen molar-refractivity contribution in [1.29, 1.82) is 0 Å². The first-order valence-corrected chi connectivity index (χ1v) is 12.5. The van der Waals surface area contributed by atoms with E-state index >= 15 is 0 Å². The molecule has 0 bridgehead atoms. The van der Waals surface area contributed by atoms with Crippen LogP contribution in [0, 0.1) is 0 Å². The molecule has 2 aromatic heterocycles. The molecule has 3 aliphatic rings. The number of anilines is 1. The van der Waals surface area contributed by atoms with Gasteiger partial charge in [0.2, 0.25) is 0 Å². The van der Waals surface area contributed by atoms with E-state index in [-0.39, 0.29) is 0 Å². The van der Waals surface area contributed by atoms with Gasteiger partial charge in [0.25, 0.3) is 0 Å². The third-order valence-corrected chi connectivity index (χ3v) is 7.74. The van der Waals surface area contributed by atoms with Crippen molar-refractivity contribution in [2.24, 2.45) is 0 Å². The normalized spacial score (nSPS) is 23.6. The van der Waals surface area contributed by atoms with Crippen molar-refractivity contribution in [3.8, 4) is 11.4 Å². The minimum absolute atomic E-state index is 0.471. The number of hydrogen-bond acceptors (Lipinski definition) is 5. The molecule has 1 aliphatic carbocycles. The van der Waals surface area contributed by atoms with E-state index in [1.54, 1.807) is 0 Å². The van der Waals surface area contributed by atoms with E-state index in [1.165, 1.54) is 37.8 Å². The van der Waals surface area contributed by atoms with Crippen LogP contribution in [-0.2, 0) is 0 Å². The Bertz CT molecular complexity index is 843. The predicted octanol–water partition coefficient (Wildman–Crippen LogP) is 4.68. The van der Waals surface area contributed by atoms with Gasteiger partial charge in [-0.25, -0.2) is 9.97 Å². The van der Waals surface area contributed by atoms with Gasteiger partial charge in [0.1, 0.15) is 11.5 Å². The Hall–Kier alpha value is -1.92. The zero-order valence-corrected chi connectivity index (χ0v) is 18.7. The summed E-state index contributed by atoms with van der Waals surface area (Å²) >= 11 is 0. The molecule has 0 spiro atoms. The molecule has 6 heteroatoms. The molecular weight excluding hydrogens is 386 g/mol. The molecule has 4 heterocycles. The summed E-state index contributed by atoms with van der Waals surface area (Å²) in [4.78, 5) is 17.9. The number of nitrogens with zero attached hydrogens (tertiary/aromatic N) is 4. The highest BCUT2D eigenvalue weighted by molar-refractivity contribution is 5.61. The van der Waals surface area contributed by atoms with Crippen molar-refractivity contribution in [3.05, 3.63) is 30.2 Å². The van der Waals surface area contributed by atoms with Gasteiger partial charge in [-0.05, 0) is 63.5 Å². The Morgan fingerprint density at radius 3 is 2.35 bits per heavy atom. The lowest BCUT2D eigenvalue weighted by atomic mass is 9.86. The number of H-pyrrole nitrogens is 1. The maximum Gasteiger partial charge on any atom is 0.163 e. The maximum absolute atomic E-state index is 11.1. The average molecular weight is 424 g/mol. The second-order valence-electron chi connectivity index (χ2n) is 9.75. The van der Waals surface area contributed by atoms with Gasteiger partial charge in [0.15, 0.2) is 5.82 Å². The minimum Gasteiger partial charge on any atom is -0.376 e. The van der Waals surface area contributed by atoms with Crippen LogP contribution in [0.5, 0.6) is 0 Å². The number of piperidine rings is 1. The van der Waals surface area contributed by atoms with Crippen LogP contribution in [0.3, 0.4) is 0 Å². The first-order chi connectivity index (χ1) is 15.2. The molecule has 3 fully saturated rings. The van der Waals surface area contributed by atoms with E-state index in [2.05, 4.69) is 31.9 Å². The van der Waals surface area contributed by atoms with Crippen molar-refractivity contribution in [2.45, 2.75) is 82.3 Å². The minimum atomic E-state index is -0.563. The van der Waals surface area contributed by atoms with E-state index in [9.17, 15) is 5.11 Å². The van der Waals surface area contributed by atoms with Crippen LogP contribution in [0.1, 0.15) is 82.2 Å². The number of aromatic nitrogens is 3. The molecule has 0 amide bonds. The number of likely N-dealkylation sites (tertiary alicyclic amines) is 1. The molecule has 0 radical (unpaired) electrons. The summed E-state index contributed by atoms with van der Waals surface area (Å²) in [5, 5.41) is 11.1. The molecule has 0 atom stereocenters. The number of aromatic amines is 1. The smallest absolute Gasteiger partial charge is 0.163 e. The lowest BCUT2D eigenvalue weighted by Gasteiger charge is -2.45. The van der Waals surface area contributed by atoms with E-state index in [0.29, 0.717) is 5.92 Å². The quantitative estimate of drug-likeness (QED) is 0.747. The van der Waals surface area contributed by atoms with E-state index in [0.717, 1.165) is 81.9 Å². The predicted molar refractivity (Wildman–Crippen MR) is 124 cm³/mol. The summed E-state index contributed by atoms with van der Waals surface area (Å²) < 4.78 is 0. The Labute approximate surface area is 186 Å². The summed E-state index contributed by atoms with van der Waals surface area (Å²) in [5.41, 5.74) is 1.85. The lowest BCUT2D eigenvalue weighted by Crippen LogP contribution is -2.52. The summed E-state index contributed by atoms with van der Waals surface area (Å²) in [5.74, 6) is 2.37. The van der Waals surface area contributed by atoms with Crippen LogP contribution in [0.15, 0.2) is 24.5 Å². The molecule has 5 rings (SSSR count). The molecule has 1 saturated carbocycles. The van der Waals surface area contributed by atoms with Crippen molar-refractivity contribution < 1.29 is 5.11 Å². The second kappa shape index (κ2) is 9.29. The fourth-order valence-corrected chi connectivity index (χ4v) is 5.89. The molecule has 2 N–H and O–H groups in total. The summed E-state index contributed by atoms with van der Waals surface area (Å²) in [7, 11) is 0. The molecule has 0 unspecified atom stereocenters. The standard InChI is InChI=1S/C25H37N5O/c31-25(12-4-3-5-13-25)30-18-10-20(11-19-30)23-21(8-14-26-23)24-27-15-9-22(28-24)29-16-6-1-2-7-17-29/h8-9,14-15,20,26,31H,1-7,10-13,16-19H2. The summed E-state index contributed by atoms with van der Waals surface area (Å²) in [6.07, 6.45) is 16.7. The van der Waals surface area contributed by atoms with Gasteiger partial charge in [-0.1, -0.05) is 19.3 Å². The molecule has 168 valence electrons. The number of rotatable bonds is 4. The van der Waals surface area contributed by atoms with Crippen molar-refractivity contribution >= 4 is 5.82 Å². The van der Waals surface area contributed by atoms with Gasteiger partial charge < -0.3 is 15.0 Å². The molecule has 31 heavy (non-hydrogen) atoms. The first kappa shape index (κ1) is 21.0. The summed E-state index contributed by atoms with van der Waals surface area (Å²) in [6, 6.07) is 4.20. The van der Waals surface area contributed by atoms with Crippen molar-refractivity contribution in [3.63, 3.8) is 0 Å². The topological polar surface area (TPSA) is 68.3 Å². The highest BCUT2D eigenvalue weighted by Crippen LogP contribution is 2.38. The van der Waals surface area contributed by atoms with Gasteiger partial charge >= 0.3 is 0 Å². The van der Waals surface area contributed by atoms with E-state index < -0.39 is 5.72 Å². The van der Waals surface area contributed by atoms with Crippen molar-refractivity contribution in [2.75, 3.05) is 31.1 Å². The van der Waals surface area contributed by atoms with Crippen LogP contribution in [0.2, 0.25) is 0 Å². The SMILES string of the molecule is OC1(N2CCC(c3[nH]ccc3-c3nccc(N4CCCCCC4)n3)CC2)CCCCC1. The average Bonchev–Trinajstić information content (AvgIpc) is 3.15. The fraction of sp³-hybridized carbons (Fsp3) is 0.680. The van der Waals surface area contributed by atoms with Gasteiger partial charge in [0.05, 0.1) is 0 Å². The monoisotopic (exact) mass is 423 g/mol. The maximum atomic E-state index is 11.1. The zero-order chi connectivity index (χ0) is 21.1. The van der Waals surface area contributed by atoms with E-state index in [4.69, 9.17) is 4.98 Å². The Balaban J connectivity index is 1.30. The van der Waals surface area contributed by atoms with E-state index in [1.807, 2.05) is 12.4 Å². The molecule has 2 aromatic rings. The second-order valence-corrected chi connectivity index (χ2v) is 9.75. The molecule has 0 aromatic carbocycles. The van der Waals surface area contributed by atoms with Gasteiger partial charge in [0, 0.05) is 55.7 Å². The fourth-order valence-electron chi connectivity index (χ4n) is 5.89. The molecule has 2 aliphatic heterocycles. The van der Waals surface area contributed by atoms with Crippen LogP contribution in [0.25, 0.3) is 11.4 Å². The third-order valence-electron chi connectivity index (χ3n) is 7.74. The van der Waals surface area contributed by atoms with Crippen LogP contribution < -0.4 is 4.90 Å². The van der Waals surface area contributed by atoms with Gasteiger partial charge in [-0.15, -0.1) is 0 Å². The molecule has 6 nitrogen and oxygen atoms in total. The highest BCUT2D eigenvalue weighted by Gasteiger charge is 2.38. The third kappa shape index (κ3) is 4.51.